The van der Waals surface area contributed by atoms with Gasteiger partial charge in [-0.1, -0.05) is 43.5 Å². The van der Waals surface area contributed by atoms with Crippen LogP contribution in [0.1, 0.15) is 71.6 Å². The number of H-pyrrole nitrogens is 1. The van der Waals surface area contributed by atoms with Crippen LogP contribution in [-0.2, 0) is 13.0 Å². The average molecular weight is 367 g/mol. The van der Waals surface area contributed by atoms with Gasteiger partial charge in [-0.25, -0.2) is 0 Å². The predicted octanol–water partition coefficient (Wildman–Crippen LogP) is 3.65. The summed E-state index contributed by atoms with van der Waals surface area (Å²) >= 11 is 0. The van der Waals surface area contributed by atoms with Gasteiger partial charge in [0.15, 0.2) is 0 Å². The summed E-state index contributed by atoms with van der Waals surface area (Å²) in [6, 6.07) is 8.14. The van der Waals surface area contributed by atoms with Crippen LogP contribution in [0.2, 0.25) is 0 Å². The van der Waals surface area contributed by atoms with E-state index < -0.39 is 0 Å². The summed E-state index contributed by atoms with van der Waals surface area (Å²) in [7, 11) is 0. The average Bonchev–Trinajstić information content (AvgIpc) is 3.38. The molecule has 27 heavy (non-hydrogen) atoms. The van der Waals surface area contributed by atoms with Gasteiger partial charge in [0.2, 0.25) is 0 Å². The lowest BCUT2D eigenvalue weighted by atomic mass is 9.85. The zero-order valence-electron chi connectivity index (χ0n) is 15.9. The number of aliphatic hydroxyl groups is 1. The fourth-order valence-corrected chi connectivity index (χ4v) is 4.64. The van der Waals surface area contributed by atoms with Gasteiger partial charge in [-0.05, 0) is 42.7 Å². The molecular formula is C22H29N3O2. The van der Waals surface area contributed by atoms with Crippen molar-refractivity contribution in [2.24, 2.45) is 5.92 Å². The van der Waals surface area contributed by atoms with Crippen LogP contribution in [0.15, 0.2) is 30.5 Å². The molecule has 0 unspecified atom stereocenters. The fourth-order valence-electron chi connectivity index (χ4n) is 4.64. The van der Waals surface area contributed by atoms with Crippen LogP contribution >= 0.6 is 0 Å². The molecule has 2 heterocycles. The molecule has 1 atom stereocenters. The molecule has 1 aliphatic carbocycles. The number of hydrogen-bond donors (Lipinski definition) is 2. The maximum absolute atomic E-state index is 13.1. The molecule has 0 spiro atoms. The Balaban J connectivity index is 1.38. The number of nitrogens with one attached hydrogen (secondary N) is 1. The Bertz CT molecular complexity index is 762. The van der Waals surface area contributed by atoms with Gasteiger partial charge >= 0.3 is 0 Å². The summed E-state index contributed by atoms with van der Waals surface area (Å²) in [6.07, 6.45) is 9.88. The number of aromatic nitrogens is 2. The van der Waals surface area contributed by atoms with Crippen molar-refractivity contribution >= 4 is 5.91 Å². The molecule has 5 nitrogen and oxygen atoms in total. The summed E-state index contributed by atoms with van der Waals surface area (Å²) < 4.78 is 0. The summed E-state index contributed by atoms with van der Waals surface area (Å²) in [5.74, 6) is 1.10. The SMILES string of the molecule is O=C(c1cn[nH]c1C1CCCCC1)N1CC[C@H](Cc2ccc(CO)cc2)C1. The van der Waals surface area contributed by atoms with E-state index in [-0.39, 0.29) is 12.5 Å². The molecule has 2 aromatic rings. The van der Waals surface area contributed by atoms with Crippen molar-refractivity contribution in [3.8, 4) is 0 Å². The van der Waals surface area contributed by atoms with Gasteiger partial charge in [-0.15, -0.1) is 0 Å². The Morgan fingerprint density at radius 1 is 1.11 bits per heavy atom. The van der Waals surface area contributed by atoms with Gasteiger partial charge in [0, 0.05) is 19.0 Å². The van der Waals surface area contributed by atoms with Crippen LogP contribution in [0.5, 0.6) is 0 Å². The van der Waals surface area contributed by atoms with E-state index in [9.17, 15) is 4.79 Å². The van der Waals surface area contributed by atoms with E-state index >= 15 is 0 Å². The van der Waals surface area contributed by atoms with E-state index in [1.807, 2.05) is 17.0 Å². The Kier molecular flexibility index (Phi) is 5.58. The van der Waals surface area contributed by atoms with Gasteiger partial charge in [0.1, 0.15) is 0 Å². The second-order valence-electron chi connectivity index (χ2n) is 8.12. The Labute approximate surface area is 160 Å². The van der Waals surface area contributed by atoms with Crippen LogP contribution in [0, 0.1) is 5.92 Å². The quantitative estimate of drug-likeness (QED) is 0.847. The van der Waals surface area contributed by atoms with E-state index in [0.29, 0.717) is 11.8 Å². The number of carbonyl (C=O) groups is 1. The van der Waals surface area contributed by atoms with E-state index in [2.05, 4.69) is 22.3 Å². The monoisotopic (exact) mass is 367 g/mol. The first kappa shape index (κ1) is 18.2. The molecule has 1 aliphatic heterocycles. The Morgan fingerprint density at radius 2 is 1.85 bits per heavy atom. The number of aliphatic hydroxyl groups excluding tert-OH is 1. The zero-order chi connectivity index (χ0) is 18.6. The number of hydrogen-bond acceptors (Lipinski definition) is 3. The van der Waals surface area contributed by atoms with Gasteiger partial charge in [0.25, 0.3) is 5.91 Å². The predicted molar refractivity (Wildman–Crippen MR) is 104 cm³/mol. The van der Waals surface area contributed by atoms with Crippen LogP contribution in [0.4, 0.5) is 0 Å². The minimum absolute atomic E-state index is 0.0833. The van der Waals surface area contributed by atoms with Gasteiger partial charge in [-0.2, -0.15) is 5.10 Å². The summed E-state index contributed by atoms with van der Waals surface area (Å²) in [6.45, 7) is 1.73. The molecule has 2 fully saturated rings. The van der Waals surface area contributed by atoms with E-state index in [0.717, 1.165) is 55.6 Å². The molecule has 0 radical (unpaired) electrons. The molecule has 2 N–H and O–H groups in total. The zero-order valence-corrected chi connectivity index (χ0v) is 15.9. The first-order chi connectivity index (χ1) is 13.2. The van der Waals surface area contributed by atoms with Crippen LogP contribution < -0.4 is 0 Å². The lowest BCUT2D eigenvalue weighted by Crippen LogP contribution is -2.29. The van der Waals surface area contributed by atoms with Crippen molar-refractivity contribution in [1.82, 2.24) is 15.1 Å². The van der Waals surface area contributed by atoms with Crippen molar-refractivity contribution < 1.29 is 9.90 Å². The second kappa shape index (κ2) is 8.26. The van der Waals surface area contributed by atoms with Gasteiger partial charge in [0.05, 0.1) is 24.1 Å². The van der Waals surface area contributed by atoms with Crippen molar-refractivity contribution in [3.05, 3.63) is 52.8 Å². The van der Waals surface area contributed by atoms with E-state index in [1.54, 1.807) is 6.20 Å². The van der Waals surface area contributed by atoms with Gasteiger partial charge < -0.3 is 10.0 Å². The highest BCUT2D eigenvalue weighted by Gasteiger charge is 2.31. The number of aromatic amines is 1. The minimum Gasteiger partial charge on any atom is -0.392 e. The molecular weight excluding hydrogens is 338 g/mol. The largest absolute Gasteiger partial charge is 0.392 e. The molecule has 144 valence electrons. The van der Waals surface area contributed by atoms with Gasteiger partial charge in [-0.3, -0.25) is 9.89 Å². The highest BCUT2D eigenvalue weighted by atomic mass is 16.3. The highest BCUT2D eigenvalue weighted by molar-refractivity contribution is 5.95. The van der Waals surface area contributed by atoms with Crippen LogP contribution in [0.3, 0.4) is 0 Å². The third-order valence-electron chi connectivity index (χ3n) is 6.22. The van der Waals surface area contributed by atoms with E-state index in [1.165, 1.54) is 24.8 Å². The third-order valence-corrected chi connectivity index (χ3v) is 6.22. The number of likely N-dealkylation sites (tertiary alicyclic amines) is 1. The lowest BCUT2D eigenvalue weighted by Gasteiger charge is -2.23. The first-order valence-corrected chi connectivity index (χ1v) is 10.3. The smallest absolute Gasteiger partial charge is 0.257 e. The number of carbonyl (C=O) groups excluding carboxylic acids is 1. The number of amides is 1. The van der Waals surface area contributed by atoms with Crippen LogP contribution in [-0.4, -0.2) is 39.2 Å². The summed E-state index contributed by atoms with van der Waals surface area (Å²) in [5, 5.41) is 16.5. The highest BCUT2D eigenvalue weighted by Crippen LogP contribution is 2.34. The molecule has 0 bridgehead atoms. The number of nitrogens with zero attached hydrogens (tertiary/aromatic N) is 2. The second-order valence-corrected chi connectivity index (χ2v) is 8.12. The Morgan fingerprint density at radius 3 is 2.59 bits per heavy atom. The molecule has 1 aromatic carbocycles. The minimum atomic E-state index is 0.0833. The maximum atomic E-state index is 13.1. The topological polar surface area (TPSA) is 69.2 Å². The molecule has 1 aromatic heterocycles. The van der Waals surface area contributed by atoms with Crippen molar-refractivity contribution in [2.45, 2.75) is 57.5 Å². The Hall–Kier alpha value is -2.14. The standard InChI is InChI=1S/C22H29N3O2/c26-15-17-8-6-16(7-9-17)12-18-10-11-25(14-18)22(27)20-13-23-24-21(20)19-4-2-1-3-5-19/h6-9,13,18-19,26H,1-5,10-12,14-15H2,(H,23,24)/t18-/m1/s1. The third kappa shape index (κ3) is 4.08. The van der Waals surface area contributed by atoms with E-state index in [4.69, 9.17) is 5.11 Å². The molecule has 1 saturated carbocycles. The summed E-state index contributed by atoms with van der Waals surface area (Å²) in [5.41, 5.74) is 4.06. The molecule has 4 rings (SSSR count). The fraction of sp³-hybridized carbons (Fsp3) is 0.545. The van der Waals surface area contributed by atoms with Crippen molar-refractivity contribution in [3.63, 3.8) is 0 Å². The normalized spacial score (nSPS) is 20.9. The lowest BCUT2D eigenvalue weighted by molar-refractivity contribution is 0.0785. The first-order valence-electron chi connectivity index (χ1n) is 10.3. The number of rotatable bonds is 5. The summed E-state index contributed by atoms with van der Waals surface area (Å²) in [4.78, 5) is 15.1. The molecule has 1 amide bonds. The van der Waals surface area contributed by atoms with Crippen molar-refractivity contribution in [1.29, 1.82) is 0 Å². The molecule has 2 aliphatic rings. The molecule has 5 heteroatoms. The molecule has 1 saturated heterocycles. The maximum Gasteiger partial charge on any atom is 0.257 e. The number of benzene rings is 1. The van der Waals surface area contributed by atoms with Crippen molar-refractivity contribution in [2.75, 3.05) is 13.1 Å². The van der Waals surface area contributed by atoms with Crippen LogP contribution in [0.25, 0.3) is 0 Å².